The Morgan fingerprint density at radius 2 is 1.84 bits per heavy atom. The summed E-state index contributed by atoms with van der Waals surface area (Å²) in [5.74, 6) is -1.19. The lowest BCUT2D eigenvalue weighted by Gasteiger charge is -2.21. The van der Waals surface area contributed by atoms with Gasteiger partial charge >= 0.3 is 11.9 Å². The number of carbonyl (C=O) groups is 3. The van der Waals surface area contributed by atoms with E-state index in [4.69, 9.17) is 14.2 Å². The van der Waals surface area contributed by atoms with Gasteiger partial charge in [0.25, 0.3) is 5.91 Å². The average Bonchev–Trinajstić information content (AvgIpc) is 3.54. The summed E-state index contributed by atoms with van der Waals surface area (Å²) < 4.78 is 44.9. The monoisotopic (exact) mass is 561 g/mol. The van der Waals surface area contributed by atoms with Gasteiger partial charge in [-0.1, -0.05) is 11.3 Å². The first-order chi connectivity index (χ1) is 18.2. The zero-order valence-corrected chi connectivity index (χ0v) is 22.7. The van der Waals surface area contributed by atoms with Crippen LogP contribution in [0.5, 0.6) is 5.75 Å². The number of fused-ring (bicyclic) bond motifs is 1. The molecule has 202 valence electrons. The molecular formula is C25H27N3O8S2. The molecule has 11 nitrogen and oxygen atoms in total. The van der Waals surface area contributed by atoms with Crippen molar-refractivity contribution in [2.75, 3.05) is 27.4 Å². The first kappa shape index (κ1) is 27.5. The number of amides is 1. The fourth-order valence-electron chi connectivity index (χ4n) is 4.17. The van der Waals surface area contributed by atoms with Crippen molar-refractivity contribution >= 4 is 49.4 Å². The Morgan fingerprint density at radius 1 is 1.11 bits per heavy atom. The fraction of sp³-hybridized carbons (Fsp3) is 0.360. The zero-order valence-electron chi connectivity index (χ0n) is 21.1. The number of nitrogens with zero attached hydrogens (tertiary/aromatic N) is 3. The predicted octanol–water partition coefficient (Wildman–Crippen LogP) is 2.34. The summed E-state index contributed by atoms with van der Waals surface area (Å²) in [5.41, 5.74) is 0.880. The van der Waals surface area contributed by atoms with Gasteiger partial charge in [0.15, 0.2) is 4.80 Å². The number of hydrogen-bond donors (Lipinski definition) is 0. The summed E-state index contributed by atoms with van der Waals surface area (Å²) in [6.45, 7) is 1.88. The van der Waals surface area contributed by atoms with Gasteiger partial charge in [0.05, 0.1) is 41.5 Å². The van der Waals surface area contributed by atoms with Crippen LogP contribution in [-0.4, -0.2) is 68.5 Å². The van der Waals surface area contributed by atoms with Crippen LogP contribution in [0.4, 0.5) is 0 Å². The fourth-order valence-corrected chi connectivity index (χ4v) is 6.90. The Balaban J connectivity index is 1.72. The predicted molar refractivity (Wildman–Crippen MR) is 138 cm³/mol. The second kappa shape index (κ2) is 11.5. The minimum atomic E-state index is -3.96. The lowest BCUT2D eigenvalue weighted by Crippen LogP contribution is -2.40. The van der Waals surface area contributed by atoms with Crippen LogP contribution >= 0.6 is 11.3 Å². The molecule has 1 saturated heterocycles. The highest BCUT2D eigenvalue weighted by Crippen LogP contribution is 2.28. The number of aromatic nitrogens is 1. The Morgan fingerprint density at radius 3 is 2.50 bits per heavy atom. The molecule has 13 heteroatoms. The highest BCUT2D eigenvalue weighted by Gasteiger charge is 2.39. The molecule has 0 aliphatic carbocycles. The molecule has 0 spiro atoms. The number of methoxy groups -OCH3 is 2. The number of carbonyl (C=O) groups excluding carboxylic acids is 3. The molecule has 1 aliphatic heterocycles. The van der Waals surface area contributed by atoms with Crippen molar-refractivity contribution in [3.8, 4) is 5.75 Å². The maximum absolute atomic E-state index is 13.4. The smallest absolute Gasteiger partial charge is 0.338 e. The second-order valence-corrected chi connectivity index (χ2v) is 11.2. The van der Waals surface area contributed by atoms with Crippen LogP contribution in [-0.2, 0) is 35.6 Å². The molecule has 3 aromatic rings. The SMILES string of the molecule is CCOC(=O)c1ccc2c(c1)sc(=NC(=O)C1CCCN1S(=O)(=O)c1ccc(OC)cc1)n2CC(=O)OC. The number of thiazole rings is 1. The van der Waals surface area contributed by atoms with Gasteiger partial charge in [0, 0.05) is 6.54 Å². The largest absolute Gasteiger partial charge is 0.497 e. The van der Waals surface area contributed by atoms with Gasteiger partial charge in [-0.2, -0.15) is 9.30 Å². The summed E-state index contributed by atoms with van der Waals surface area (Å²) >= 11 is 1.10. The summed E-state index contributed by atoms with van der Waals surface area (Å²) in [7, 11) is -1.23. The highest BCUT2D eigenvalue weighted by molar-refractivity contribution is 7.89. The third-order valence-corrected chi connectivity index (χ3v) is 9.03. The van der Waals surface area contributed by atoms with Crippen molar-refractivity contribution in [2.45, 2.75) is 37.2 Å². The van der Waals surface area contributed by atoms with Gasteiger partial charge in [-0.25, -0.2) is 13.2 Å². The summed E-state index contributed by atoms with van der Waals surface area (Å²) in [6, 6.07) is 9.77. The number of sulfonamides is 1. The molecule has 4 rings (SSSR count). The number of benzene rings is 2. The van der Waals surface area contributed by atoms with Gasteiger partial charge in [-0.15, -0.1) is 0 Å². The van der Waals surface area contributed by atoms with Crippen molar-refractivity contribution in [2.24, 2.45) is 4.99 Å². The maximum Gasteiger partial charge on any atom is 0.338 e. The molecule has 1 amide bonds. The van der Waals surface area contributed by atoms with Gasteiger partial charge in [0.2, 0.25) is 10.0 Å². The number of esters is 2. The van der Waals surface area contributed by atoms with E-state index in [2.05, 4.69) is 4.99 Å². The molecule has 1 unspecified atom stereocenters. The van der Waals surface area contributed by atoms with Crippen LogP contribution < -0.4 is 9.54 Å². The normalized spacial score (nSPS) is 16.5. The Bertz CT molecular complexity index is 1540. The summed E-state index contributed by atoms with van der Waals surface area (Å²) in [5, 5.41) is 0. The van der Waals surface area contributed by atoms with Crippen LogP contribution in [0.1, 0.15) is 30.1 Å². The minimum absolute atomic E-state index is 0.0483. The van der Waals surface area contributed by atoms with Crippen molar-refractivity contribution in [3.63, 3.8) is 0 Å². The Kier molecular flexibility index (Phi) is 8.29. The quantitative estimate of drug-likeness (QED) is 0.383. The summed E-state index contributed by atoms with van der Waals surface area (Å²) in [6.07, 6.45) is 0.811. The molecule has 0 saturated carbocycles. The van der Waals surface area contributed by atoms with E-state index in [9.17, 15) is 22.8 Å². The molecule has 1 aliphatic rings. The topological polar surface area (TPSA) is 134 Å². The first-order valence-corrected chi connectivity index (χ1v) is 14.1. The molecule has 0 bridgehead atoms. The van der Waals surface area contributed by atoms with Crippen molar-refractivity contribution < 1.29 is 37.0 Å². The Labute approximate surface area is 223 Å². The molecule has 1 atom stereocenters. The van der Waals surface area contributed by atoms with Crippen molar-refractivity contribution in [1.82, 2.24) is 8.87 Å². The average molecular weight is 562 g/mol. The standard InChI is InChI=1S/C25H27N3O8S2/c1-4-36-24(31)16-7-12-19-21(14-16)37-25(27(19)15-22(29)35-3)26-23(30)20-6-5-13-28(20)38(32,33)18-10-8-17(34-2)9-11-18/h7-12,14,20H,4-6,13,15H2,1-3H3. The number of hydrogen-bond acceptors (Lipinski definition) is 9. The molecule has 1 fully saturated rings. The van der Waals surface area contributed by atoms with E-state index in [1.807, 2.05) is 0 Å². The molecular weight excluding hydrogens is 534 g/mol. The first-order valence-electron chi connectivity index (χ1n) is 11.8. The lowest BCUT2D eigenvalue weighted by molar-refractivity contribution is -0.141. The van der Waals surface area contributed by atoms with Crippen LogP contribution in [0.3, 0.4) is 0 Å². The van der Waals surface area contributed by atoms with Crippen LogP contribution in [0.25, 0.3) is 10.2 Å². The molecule has 1 aromatic heterocycles. The number of rotatable bonds is 8. The second-order valence-electron chi connectivity index (χ2n) is 8.35. The lowest BCUT2D eigenvalue weighted by atomic mass is 10.2. The maximum atomic E-state index is 13.4. The molecule has 2 aromatic carbocycles. The Hall–Kier alpha value is -3.55. The van der Waals surface area contributed by atoms with E-state index in [0.29, 0.717) is 34.4 Å². The highest BCUT2D eigenvalue weighted by atomic mass is 32.2. The third kappa shape index (κ3) is 5.49. The van der Waals surface area contributed by atoms with Crippen LogP contribution in [0, 0.1) is 0 Å². The van der Waals surface area contributed by atoms with E-state index in [-0.39, 0.29) is 29.4 Å². The zero-order chi connectivity index (χ0) is 27.4. The van der Waals surface area contributed by atoms with Gasteiger partial charge < -0.3 is 18.8 Å². The molecule has 2 heterocycles. The van der Waals surface area contributed by atoms with E-state index in [1.54, 1.807) is 37.3 Å². The van der Waals surface area contributed by atoms with Gasteiger partial charge in [-0.05, 0) is 62.2 Å². The molecule has 0 radical (unpaired) electrons. The number of ether oxygens (including phenoxy) is 3. The van der Waals surface area contributed by atoms with Gasteiger partial charge in [-0.3, -0.25) is 9.59 Å². The van der Waals surface area contributed by atoms with E-state index in [1.165, 1.54) is 30.9 Å². The molecule has 0 N–H and O–H groups in total. The third-order valence-electron chi connectivity index (χ3n) is 6.07. The van der Waals surface area contributed by atoms with E-state index >= 15 is 0 Å². The van der Waals surface area contributed by atoms with Crippen LogP contribution in [0.15, 0.2) is 52.4 Å². The van der Waals surface area contributed by atoms with E-state index in [0.717, 1.165) is 15.6 Å². The minimum Gasteiger partial charge on any atom is -0.497 e. The van der Waals surface area contributed by atoms with Crippen molar-refractivity contribution in [1.29, 1.82) is 0 Å². The van der Waals surface area contributed by atoms with E-state index < -0.39 is 33.9 Å². The summed E-state index contributed by atoms with van der Waals surface area (Å²) in [4.78, 5) is 42.2. The van der Waals surface area contributed by atoms with Crippen molar-refractivity contribution in [3.05, 3.63) is 52.8 Å². The van der Waals surface area contributed by atoms with Crippen LogP contribution in [0.2, 0.25) is 0 Å². The van der Waals surface area contributed by atoms with Gasteiger partial charge in [0.1, 0.15) is 18.3 Å². The molecule has 38 heavy (non-hydrogen) atoms.